The molecule has 0 spiro atoms. The SMILES string of the molecule is CCCN(C1CC1)S(=O)(=O)c1c(CN)n[nH]c1C. The zero-order valence-electron chi connectivity index (χ0n) is 10.8. The lowest BCUT2D eigenvalue weighted by Crippen LogP contribution is -2.34. The average molecular weight is 272 g/mol. The van der Waals surface area contributed by atoms with E-state index in [1.54, 1.807) is 11.2 Å². The number of nitrogens with zero attached hydrogens (tertiary/aromatic N) is 2. The van der Waals surface area contributed by atoms with Crippen molar-refractivity contribution in [2.45, 2.75) is 50.6 Å². The zero-order chi connectivity index (χ0) is 13.3. The van der Waals surface area contributed by atoms with E-state index in [2.05, 4.69) is 10.2 Å². The van der Waals surface area contributed by atoms with E-state index in [-0.39, 0.29) is 17.5 Å². The molecule has 0 bridgehead atoms. The van der Waals surface area contributed by atoms with Crippen molar-refractivity contribution in [3.63, 3.8) is 0 Å². The van der Waals surface area contributed by atoms with Crippen LogP contribution < -0.4 is 5.73 Å². The molecule has 2 rings (SSSR count). The lowest BCUT2D eigenvalue weighted by molar-refractivity contribution is 0.402. The zero-order valence-corrected chi connectivity index (χ0v) is 11.6. The molecule has 0 unspecified atom stereocenters. The normalized spacial score (nSPS) is 16.4. The Kier molecular flexibility index (Phi) is 3.74. The van der Waals surface area contributed by atoms with Gasteiger partial charge in [0.2, 0.25) is 10.0 Å². The van der Waals surface area contributed by atoms with E-state index < -0.39 is 10.0 Å². The molecule has 1 aromatic rings. The predicted octanol–water partition coefficient (Wildman–Crippen LogP) is 0.740. The van der Waals surface area contributed by atoms with Crippen LogP contribution in [-0.4, -0.2) is 35.5 Å². The van der Waals surface area contributed by atoms with Crippen molar-refractivity contribution in [1.29, 1.82) is 0 Å². The van der Waals surface area contributed by atoms with Gasteiger partial charge < -0.3 is 5.73 Å². The molecular weight excluding hydrogens is 252 g/mol. The molecule has 1 aromatic heterocycles. The van der Waals surface area contributed by atoms with E-state index in [0.717, 1.165) is 19.3 Å². The fraction of sp³-hybridized carbons (Fsp3) is 0.727. The maximum atomic E-state index is 12.7. The fourth-order valence-corrected chi connectivity index (χ4v) is 4.27. The van der Waals surface area contributed by atoms with Crippen molar-refractivity contribution in [3.8, 4) is 0 Å². The highest BCUT2D eigenvalue weighted by molar-refractivity contribution is 7.89. The van der Waals surface area contributed by atoms with Crippen LogP contribution in [0.2, 0.25) is 0 Å². The van der Waals surface area contributed by atoms with Crippen molar-refractivity contribution >= 4 is 10.0 Å². The third kappa shape index (κ3) is 2.30. The maximum absolute atomic E-state index is 12.7. The Morgan fingerprint density at radius 3 is 2.67 bits per heavy atom. The number of rotatable bonds is 6. The van der Waals surface area contributed by atoms with E-state index in [9.17, 15) is 8.42 Å². The van der Waals surface area contributed by atoms with Gasteiger partial charge in [0.25, 0.3) is 0 Å². The van der Waals surface area contributed by atoms with Crippen LogP contribution in [0.5, 0.6) is 0 Å². The van der Waals surface area contributed by atoms with Gasteiger partial charge in [-0.05, 0) is 26.2 Å². The number of nitrogens with two attached hydrogens (primary N) is 1. The molecule has 7 heteroatoms. The summed E-state index contributed by atoms with van der Waals surface area (Å²) in [6, 6.07) is 0.162. The van der Waals surface area contributed by atoms with Gasteiger partial charge in [0, 0.05) is 19.1 Å². The van der Waals surface area contributed by atoms with Crippen molar-refractivity contribution in [1.82, 2.24) is 14.5 Å². The summed E-state index contributed by atoms with van der Waals surface area (Å²) in [4.78, 5) is 0.269. The highest BCUT2D eigenvalue weighted by Crippen LogP contribution is 2.33. The molecule has 0 aromatic carbocycles. The largest absolute Gasteiger partial charge is 0.325 e. The van der Waals surface area contributed by atoms with Crippen molar-refractivity contribution in [3.05, 3.63) is 11.4 Å². The highest BCUT2D eigenvalue weighted by atomic mass is 32.2. The molecule has 1 saturated carbocycles. The van der Waals surface area contributed by atoms with Gasteiger partial charge in [-0.1, -0.05) is 6.92 Å². The number of aromatic nitrogens is 2. The average Bonchev–Trinajstić information content (AvgIpc) is 3.08. The molecule has 0 radical (unpaired) electrons. The van der Waals surface area contributed by atoms with Gasteiger partial charge in [0.15, 0.2) is 0 Å². The first-order valence-corrected chi connectivity index (χ1v) is 7.72. The smallest absolute Gasteiger partial charge is 0.247 e. The lowest BCUT2D eigenvalue weighted by Gasteiger charge is -2.21. The summed E-state index contributed by atoms with van der Waals surface area (Å²) < 4.78 is 27.0. The minimum Gasteiger partial charge on any atom is -0.325 e. The van der Waals surface area contributed by atoms with Gasteiger partial charge in [-0.25, -0.2) is 8.42 Å². The van der Waals surface area contributed by atoms with Crippen LogP contribution >= 0.6 is 0 Å². The standard InChI is InChI=1S/C11H20N4O2S/c1-3-6-15(9-4-5-9)18(16,17)11-8(2)13-14-10(11)7-12/h9H,3-7,12H2,1-2H3,(H,13,14). The number of aromatic amines is 1. The fourth-order valence-electron chi connectivity index (χ4n) is 2.15. The molecule has 0 aliphatic heterocycles. The van der Waals surface area contributed by atoms with Gasteiger partial charge in [0.1, 0.15) is 4.90 Å². The van der Waals surface area contributed by atoms with Crippen LogP contribution in [0.4, 0.5) is 0 Å². The molecular formula is C11H20N4O2S. The lowest BCUT2D eigenvalue weighted by atomic mass is 10.4. The van der Waals surface area contributed by atoms with Crippen LogP contribution in [0.1, 0.15) is 37.6 Å². The van der Waals surface area contributed by atoms with Crippen LogP contribution in [0.15, 0.2) is 4.90 Å². The Morgan fingerprint density at radius 1 is 1.50 bits per heavy atom. The molecule has 18 heavy (non-hydrogen) atoms. The Hall–Kier alpha value is -0.920. The topological polar surface area (TPSA) is 92.1 Å². The second-order valence-corrected chi connectivity index (χ2v) is 6.50. The maximum Gasteiger partial charge on any atom is 0.247 e. The van der Waals surface area contributed by atoms with E-state index >= 15 is 0 Å². The molecule has 0 saturated heterocycles. The molecule has 1 heterocycles. The van der Waals surface area contributed by atoms with E-state index in [0.29, 0.717) is 17.9 Å². The van der Waals surface area contributed by atoms with Crippen molar-refractivity contribution in [2.75, 3.05) is 6.54 Å². The summed E-state index contributed by atoms with van der Waals surface area (Å²) >= 11 is 0. The Balaban J connectivity index is 2.42. The number of hydrogen-bond donors (Lipinski definition) is 2. The van der Waals surface area contributed by atoms with Crippen LogP contribution in [0.25, 0.3) is 0 Å². The highest BCUT2D eigenvalue weighted by Gasteiger charge is 2.39. The Labute approximate surface area is 108 Å². The van der Waals surface area contributed by atoms with E-state index in [1.807, 2.05) is 6.92 Å². The summed E-state index contributed by atoms with van der Waals surface area (Å²) in [6.07, 6.45) is 2.72. The van der Waals surface area contributed by atoms with Crippen LogP contribution in [0.3, 0.4) is 0 Å². The Morgan fingerprint density at radius 2 is 2.17 bits per heavy atom. The third-order valence-electron chi connectivity index (χ3n) is 3.12. The number of H-pyrrole nitrogens is 1. The van der Waals surface area contributed by atoms with Gasteiger partial charge in [0.05, 0.1) is 11.4 Å². The number of nitrogens with one attached hydrogen (secondary N) is 1. The molecule has 1 aliphatic carbocycles. The molecule has 102 valence electrons. The Bertz CT molecular complexity index is 519. The first-order chi connectivity index (χ1) is 8.52. The number of sulfonamides is 1. The minimum atomic E-state index is -3.47. The second-order valence-electron chi connectivity index (χ2n) is 4.68. The van der Waals surface area contributed by atoms with Gasteiger partial charge in [-0.2, -0.15) is 9.40 Å². The molecule has 1 fully saturated rings. The first kappa shape index (κ1) is 13.5. The molecule has 3 N–H and O–H groups in total. The van der Waals surface area contributed by atoms with Crippen molar-refractivity contribution < 1.29 is 8.42 Å². The number of hydrogen-bond acceptors (Lipinski definition) is 4. The van der Waals surface area contributed by atoms with E-state index in [4.69, 9.17) is 5.73 Å². The van der Waals surface area contributed by atoms with Crippen molar-refractivity contribution in [2.24, 2.45) is 5.73 Å². The van der Waals surface area contributed by atoms with Crippen LogP contribution in [-0.2, 0) is 16.6 Å². The van der Waals surface area contributed by atoms with Gasteiger partial charge in [-0.15, -0.1) is 0 Å². The summed E-state index contributed by atoms with van der Waals surface area (Å²) in [6.45, 7) is 4.39. The summed E-state index contributed by atoms with van der Waals surface area (Å²) in [5, 5.41) is 6.68. The summed E-state index contributed by atoms with van der Waals surface area (Å²) in [5.74, 6) is 0. The van der Waals surface area contributed by atoms with E-state index in [1.165, 1.54) is 0 Å². The van der Waals surface area contributed by atoms with Crippen LogP contribution in [0, 0.1) is 6.92 Å². The van der Waals surface area contributed by atoms with Gasteiger partial charge in [-0.3, -0.25) is 5.10 Å². The summed E-state index contributed by atoms with van der Waals surface area (Å²) in [7, 11) is -3.47. The monoisotopic (exact) mass is 272 g/mol. The first-order valence-electron chi connectivity index (χ1n) is 6.28. The number of aryl methyl sites for hydroxylation is 1. The quantitative estimate of drug-likeness (QED) is 0.799. The minimum absolute atomic E-state index is 0.129. The summed E-state index contributed by atoms with van der Waals surface area (Å²) in [5.41, 5.74) is 6.55. The predicted molar refractivity (Wildman–Crippen MR) is 68.4 cm³/mol. The third-order valence-corrected chi connectivity index (χ3v) is 5.28. The molecule has 0 amide bonds. The van der Waals surface area contributed by atoms with Gasteiger partial charge >= 0.3 is 0 Å². The molecule has 0 atom stereocenters. The second kappa shape index (κ2) is 4.99. The molecule has 1 aliphatic rings. The molecule has 6 nitrogen and oxygen atoms in total.